The van der Waals surface area contributed by atoms with Crippen molar-refractivity contribution in [2.24, 2.45) is 0 Å². The largest absolute Gasteiger partial charge is 0.462 e. The summed E-state index contributed by atoms with van der Waals surface area (Å²) < 4.78 is 54.0. The summed E-state index contributed by atoms with van der Waals surface area (Å²) in [6, 6.07) is 7.35. The van der Waals surface area contributed by atoms with Crippen LogP contribution < -0.4 is 14.5 Å². The molecule has 3 aromatic rings. The molecule has 2 N–H and O–H groups in total. The molecule has 1 saturated carbocycles. The number of aromatic nitrogens is 4. The number of hydrogen-bond donors (Lipinski definition) is 2. The van der Waals surface area contributed by atoms with E-state index in [9.17, 15) is 14.5 Å². The van der Waals surface area contributed by atoms with Crippen LogP contribution in [0, 0.1) is 19.3 Å². The zero-order valence-electron chi connectivity index (χ0n) is 25.1. The second-order valence-electron chi connectivity index (χ2n) is 11.2. The summed E-state index contributed by atoms with van der Waals surface area (Å²) in [5.74, 6) is 2.53. The number of hydrogen-bond acceptors (Lipinski definition) is 11. The van der Waals surface area contributed by atoms with Crippen molar-refractivity contribution in [3.05, 3.63) is 42.5 Å². The molecule has 0 spiro atoms. The molecule has 44 heavy (non-hydrogen) atoms. The molecule has 13 nitrogen and oxygen atoms in total. The topological polar surface area (TPSA) is 150 Å². The number of terminal acetylenes is 1. The minimum Gasteiger partial charge on any atom is -0.462 e. The molecule has 1 unspecified atom stereocenters. The fraction of sp³-hybridized carbons (Fsp3) is 0.517. The van der Waals surface area contributed by atoms with E-state index in [1.165, 1.54) is 17.8 Å². The van der Waals surface area contributed by atoms with E-state index in [2.05, 4.69) is 20.0 Å². The number of esters is 1. The van der Waals surface area contributed by atoms with Gasteiger partial charge >= 0.3 is 13.7 Å². The summed E-state index contributed by atoms with van der Waals surface area (Å²) in [5.41, 5.74) is -2.04. The SMILES string of the molecule is C#C[C@@]1(F)[C@H](O)[C@@H](COP(=O)(N[C@H](C)C(=O)OC(C)C)Oc2ccccc2)O[C@H]1n1cnc2c(N(C)C3CC3)nc(C)nc21. The van der Waals surface area contributed by atoms with E-state index in [0.29, 0.717) is 23.2 Å². The molecular formula is C29H36FN6O7P. The minimum atomic E-state index is -4.33. The van der Waals surface area contributed by atoms with Crippen LogP contribution in [-0.4, -0.2) is 80.3 Å². The van der Waals surface area contributed by atoms with Crippen LogP contribution in [0.15, 0.2) is 36.7 Å². The summed E-state index contributed by atoms with van der Waals surface area (Å²) in [7, 11) is -2.42. The number of carbonyl (C=O) groups excluding carboxylic acids is 1. The number of anilines is 1. The average Bonchev–Trinajstić information content (AvgIpc) is 3.70. The fourth-order valence-electron chi connectivity index (χ4n) is 4.88. The molecule has 1 saturated heterocycles. The molecule has 5 rings (SSSR count). The van der Waals surface area contributed by atoms with Crippen LogP contribution in [0.1, 0.15) is 45.7 Å². The maximum Gasteiger partial charge on any atom is 0.459 e. The fourth-order valence-corrected chi connectivity index (χ4v) is 6.38. The molecule has 15 heteroatoms. The lowest BCUT2D eigenvalue weighted by Crippen LogP contribution is -2.42. The van der Waals surface area contributed by atoms with E-state index in [4.69, 9.17) is 24.9 Å². The lowest BCUT2D eigenvalue weighted by Gasteiger charge is -2.25. The number of ether oxygens (including phenoxy) is 2. The third-order valence-corrected chi connectivity index (χ3v) is 8.94. The Morgan fingerprint density at radius 3 is 2.66 bits per heavy atom. The Morgan fingerprint density at radius 2 is 2.02 bits per heavy atom. The van der Waals surface area contributed by atoms with Gasteiger partial charge in [-0.2, -0.15) is 5.09 Å². The Balaban J connectivity index is 1.40. The van der Waals surface area contributed by atoms with Gasteiger partial charge in [-0.1, -0.05) is 24.1 Å². The molecule has 1 aromatic carbocycles. The van der Waals surface area contributed by atoms with E-state index in [0.717, 1.165) is 12.8 Å². The number of aryl methyl sites for hydroxylation is 1. The Morgan fingerprint density at radius 1 is 1.32 bits per heavy atom. The van der Waals surface area contributed by atoms with Crippen molar-refractivity contribution >= 4 is 30.7 Å². The summed E-state index contributed by atoms with van der Waals surface area (Å²) in [6.07, 6.45) is 3.72. The first-order chi connectivity index (χ1) is 20.8. The third kappa shape index (κ3) is 6.43. The molecule has 2 aromatic heterocycles. The maximum absolute atomic E-state index is 16.4. The smallest absolute Gasteiger partial charge is 0.459 e. The van der Waals surface area contributed by atoms with Gasteiger partial charge < -0.3 is 24.0 Å². The molecule has 236 valence electrons. The van der Waals surface area contributed by atoms with Gasteiger partial charge in [0, 0.05) is 13.1 Å². The van der Waals surface area contributed by atoms with Gasteiger partial charge in [-0.15, -0.1) is 6.42 Å². The van der Waals surface area contributed by atoms with Gasteiger partial charge in [0.15, 0.2) is 23.2 Å². The summed E-state index contributed by atoms with van der Waals surface area (Å²) in [5, 5.41) is 13.6. The van der Waals surface area contributed by atoms with Gasteiger partial charge in [-0.3, -0.25) is 13.9 Å². The van der Waals surface area contributed by atoms with E-state index in [1.54, 1.807) is 51.1 Å². The number of nitrogens with zero attached hydrogens (tertiary/aromatic N) is 5. The molecule has 1 aliphatic heterocycles. The molecule has 0 bridgehead atoms. The van der Waals surface area contributed by atoms with Crippen molar-refractivity contribution in [2.45, 2.75) is 82.8 Å². The highest BCUT2D eigenvalue weighted by molar-refractivity contribution is 7.52. The number of alkyl halides is 1. The van der Waals surface area contributed by atoms with Crippen LogP contribution in [0.3, 0.4) is 0 Å². The van der Waals surface area contributed by atoms with Crippen LogP contribution in [0.25, 0.3) is 11.2 Å². The van der Waals surface area contributed by atoms with Crippen LogP contribution in [0.4, 0.5) is 10.2 Å². The first kappa shape index (κ1) is 31.8. The van der Waals surface area contributed by atoms with Crippen molar-refractivity contribution in [1.29, 1.82) is 0 Å². The normalized spacial score (nSPS) is 25.4. The predicted octanol–water partition coefficient (Wildman–Crippen LogP) is 3.47. The second-order valence-corrected chi connectivity index (χ2v) is 12.9. The Labute approximate surface area is 254 Å². The number of fused-ring (bicyclic) bond motifs is 1. The predicted molar refractivity (Wildman–Crippen MR) is 159 cm³/mol. The maximum atomic E-state index is 16.4. The molecule has 2 fully saturated rings. The van der Waals surface area contributed by atoms with Crippen molar-refractivity contribution in [3.63, 3.8) is 0 Å². The summed E-state index contributed by atoms with van der Waals surface area (Å²) in [6.45, 7) is 5.87. The molecule has 6 atom stereocenters. The van der Waals surface area contributed by atoms with Crippen LogP contribution in [-0.2, 0) is 23.4 Å². The number of aliphatic hydroxyl groups excluding tert-OH is 1. The molecule has 0 radical (unpaired) electrons. The monoisotopic (exact) mass is 630 g/mol. The van der Waals surface area contributed by atoms with E-state index in [-0.39, 0.29) is 11.4 Å². The first-order valence-electron chi connectivity index (χ1n) is 14.3. The van der Waals surface area contributed by atoms with Gasteiger partial charge in [0.05, 0.1) is 19.0 Å². The van der Waals surface area contributed by atoms with Crippen LogP contribution in [0.2, 0.25) is 0 Å². The lowest BCUT2D eigenvalue weighted by atomic mass is 9.97. The highest BCUT2D eigenvalue weighted by Crippen LogP contribution is 2.48. The number of benzene rings is 1. The van der Waals surface area contributed by atoms with E-state index >= 15 is 4.39 Å². The standard InChI is InChI=1S/C29H36FN6O7P/c1-7-29(30)24(37)22(15-40-44(39,43-21-11-9-8-10-12-21)34-18(4)27(38)41-17(2)3)42-28(29)36-16-31-23-25(35(6)20-13-14-20)32-19(5)33-26(23)36/h1,8-12,16-18,20,22,24,28,37H,13-15H2,2-6H3,(H,34,39)/t18-,22-,24-,28-,29-,44?/m1/s1. The highest BCUT2D eigenvalue weighted by atomic mass is 31.2. The van der Waals surface area contributed by atoms with E-state index in [1.807, 2.05) is 17.9 Å². The van der Waals surface area contributed by atoms with Crippen molar-refractivity contribution < 1.29 is 37.4 Å². The Hall–Kier alpha value is -3.60. The van der Waals surface area contributed by atoms with Crippen molar-refractivity contribution in [3.8, 4) is 18.1 Å². The van der Waals surface area contributed by atoms with Gasteiger partial charge in [0.25, 0.3) is 0 Å². The zero-order chi connectivity index (χ0) is 31.8. The first-order valence-corrected chi connectivity index (χ1v) is 15.8. The number of rotatable bonds is 12. The number of nitrogens with one attached hydrogen (secondary N) is 1. The van der Waals surface area contributed by atoms with Crippen molar-refractivity contribution in [1.82, 2.24) is 24.6 Å². The molecule has 3 heterocycles. The van der Waals surface area contributed by atoms with Crippen LogP contribution >= 0.6 is 7.75 Å². The van der Waals surface area contributed by atoms with Gasteiger partial charge in [0.1, 0.15) is 29.8 Å². The van der Waals surface area contributed by atoms with Crippen LogP contribution in [0.5, 0.6) is 5.75 Å². The molecule has 2 aliphatic rings. The van der Waals surface area contributed by atoms with Gasteiger partial charge in [-0.25, -0.2) is 23.9 Å². The number of imidazole rings is 1. The van der Waals surface area contributed by atoms with Crippen molar-refractivity contribution in [2.75, 3.05) is 18.6 Å². The molecule has 1 aliphatic carbocycles. The number of para-hydroxylation sites is 1. The second kappa shape index (κ2) is 12.4. The quantitative estimate of drug-likeness (QED) is 0.171. The summed E-state index contributed by atoms with van der Waals surface area (Å²) in [4.78, 5) is 27.9. The zero-order valence-corrected chi connectivity index (χ0v) is 26.0. The Bertz CT molecular complexity index is 1600. The number of carbonyl (C=O) groups is 1. The lowest BCUT2D eigenvalue weighted by molar-refractivity contribution is -0.149. The average molecular weight is 631 g/mol. The number of aliphatic hydroxyl groups is 1. The highest BCUT2D eigenvalue weighted by Gasteiger charge is 2.58. The third-order valence-electron chi connectivity index (χ3n) is 7.30. The Kier molecular flexibility index (Phi) is 8.98. The van der Waals surface area contributed by atoms with E-state index < -0.39 is 56.6 Å². The summed E-state index contributed by atoms with van der Waals surface area (Å²) >= 11 is 0. The molecule has 0 amide bonds. The molecular weight excluding hydrogens is 594 g/mol. The minimum absolute atomic E-state index is 0.175. The number of halogens is 1. The van der Waals surface area contributed by atoms with Gasteiger partial charge in [0.2, 0.25) is 5.67 Å². The van der Waals surface area contributed by atoms with Gasteiger partial charge in [-0.05, 0) is 52.7 Å².